The first-order valence-electron chi connectivity index (χ1n) is 4.66. The maximum Gasteiger partial charge on any atom is 0.327 e. The standard InChI is InChI=1S/C9H15NO5S.2Na/c1-5(3-8(12)13)16-4-7(9(14)15)10-6(2)11;;/h5,7H,3-4H2,1-2H3,(H,10,11)(H,12,13)(H,14,15);;/t5?,7-;;/m0../s1. The van der Waals surface area contributed by atoms with Gasteiger partial charge in [-0.05, 0) is 0 Å². The molecule has 6 nitrogen and oxygen atoms in total. The van der Waals surface area contributed by atoms with Crippen molar-refractivity contribution in [2.75, 3.05) is 5.75 Å². The number of thioether (sulfide) groups is 1. The molecule has 2 atom stereocenters. The van der Waals surface area contributed by atoms with Crippen molar-refractivity contribution in [1.29, 1.82) is 0 Å². The second kappa shape index (κ2) is 12.8. The van der Waals surface area contributed by atoms with Crippen LogP contribution in [0.4, 0.5) is 0 Å². The number of nitrogens with one attached hydrogen (secondary N) is 1. The van der Waals surface area contributed by atoms with Crippen molar-refractivity contribution in [2.24, 2.45) is 0 Å². The van der Waals surface area contributed by atoms with E-state index in [9.17, 15) is 14.4 Å². The summed E-state index contributed by atoms with van der Waals surface area (Å²) in [6.45, 7) is 2.94. The molecule has 1 amide bonds. The van der Waals surface area contributed by atoms with Gasteiger partial charge in [0.15, 0.2) is 0 Å². The Morgan fingerprint density at radius 1 is 1.22 bits per heavy atom. The summed E-state index contributed by atoms with van der Waals surface area (Å²) in [6, 6.07) is -0.973. The summed E-state index contributed by atoms with van der Waals surface area (Å²) < 4.78 is 0. The first-order chi connectivity index (χ1) is 7.32. The van der Waals surface area contributed by atoms with E-state index in [-0.39, 0.29) is 76.5 Å². The zero-order chi connectivity index (χ0) is 12.7. The van der Waals surface area contributed by atoms with Crippen molar-refractivity contribution in [1.82, 2.24) is 5.32 Å². The molecule has 9 heteroatoms. The molecule has 0 aromatic carbocycles. The molecule has 94 valence electrons. The Hall–Kier alpha value is 0.760. The maximum absolute atomic E-state index is 10.7. The molecule has 0 aromatic rings. The van der Waals surface area contributed by atoms with Crippen LogP contribution in [0.25, 0.3) is 0 Å². The molecule has 2 radical (unpaired) electrons. The fourth-order valence-electron chi connectivity index (χ4n) is 0.985. The summed E-state index contributed by atoms with van der Waals surface area (Å²) in [7, 11) is 0. The van der Waals surface area contributed by atoms with Crippen LogP contribution < -0.4 is 5.32 Å². The van der Waals surface area contributed by atoms with E-state index in [0.717, 1.165) is 0 Å². The van der Waals surface area contributed by atoms with Crippen LogP contribution in [-0.4, -0.2) is 104 Å². The van der Waals surface area contributed by atoms with Crippen molar-refractivity contribution in [3.8, 4) is 0 Å². The van der Waals surface area contributed by atoms with Gasteiger partial charge in [0.2, 0.25) is 5.91 Å². The number of carboxylic acid groups (broad SMARTS) is 2. The Morgan fingerprint density at radius 3 is 2.06 bits per heavy atom. The van der Waals surface area contributed by atoms with Crippen molar-refractivity contribution < 1.29 is 24.6 Å². The molecule has 18 heavy (non-hydrogen) atoms. The summed E-state index contributed by atoms with van der Waals surface area (Å²) in [5.74, 6) is -2.31. The van der Waals surface area contributed by atoms with Crippen LogP contribution in [0.2, 0.25) is 0 Å². The van der Waals surface area contributed by atoms with E-state index in [1.165, 1.54) is 18.7 Å². The summed E-state index contributed by atoms with van der Waals surface area (Å²) >= 11 is 1.21. The fraction of sp³-hybridized carbons (Fsp3) is 0.667. The van der Waals surface area contributed by atoms with Gasteiger partial charge < -0.3 is 15.5 Å². The predicted molar refractivity (Wildman–Crippen MR) is 70.9 cm³/mol. The van der Waals surface area contributed by atoms with Gasteiger partial charge in [0.05, 0.1) is 6.42 Å². The molecule has 0 saturated carbocycles. The first-order valence-corrected chi connectivity index (χ1v) is 5.71. The third kappa shape index (κ3) is 13.2. The van der Waals surface area contributed by atoms with Crippen LogP contribution >= 0.6 is 11.8 Å². The van der Waals surface area contributed by atoms with Crippen LogP contribution in [0.15, 0.2) is 0 Å². The van der Waals surface area contributed by atoms with Crippen LogP contribution in [0.3, 0.4) is 0 Å². The molecule has 0 spiro atoms. The smallest absolute Gasteiger partial charge is 0.327 e. The van der Waals surface area contributed by atoms with Gasteiger partial charge in [-0.2, -0.15) is 11.8 Å². The van der Waals surface area contributed by atoms with Gasteiger partial charge >= 0.3 is 11.9 Å². The summed E-state index contributed by atoms with van der Waals surface area (Å²) in [6.07, 6.45) is -0.0307. The molecule has 0 aromatic heterocycles. The topological polar surface area (TPSA) is 104 Å². The van der Waals surface area contributed by atoms with Gasteiger partial charge in [0, 0.05) is 77.0 Å². The Morgan fingerprint density at radius 2 is 1.72 bits per heavy atom. The van der Waals surface area contributed by atoms with Gasteiger partial charge in [-0.1, -0.05) is 6.92 Å². The largest absolute Gasteiger partial charge is 0.481 e. The average molecular weight is 295 g/mol. The molecular formula is C9H15NNa2O5S. The molecule has 0 fully saturated rings. The molecule has 3 N–H and O–H groups in total. The van der Waals surface area contributed by atoms with E-state index >= 15 is 0 Å². The number of rotatable bonds is 7. The van der Waals surface area contributed by atoms with Crippen LogP contribution in [0, 0.1) is 0 Å². The maximum atomic E-state index is 10.7. The van der Waals surface area contributed by atoms with Gasteiger partial charge in [0.25, 0.3) is 0 Å². The normalized spacial score (nSPS) is 12.3. The second-order valence-corrected chi connectivity index (χ2v) is 4.80. The minimum Gasteiger partial charge on any atom is -0.481 e. The molecule has 0 aliphatic carbocycles. The Labute approximate surface area is 154 Å². The molecule has 0 saturated heterocycles. The molecular weight excluding hydrogens is 280 g/mol. The number of hydrogen-bond acceptors (Lipinski definition) is 4. The Kier molecular flexibility index (Phi) is 16.9. The van der Waals surface area contributed by atoms with Crippen LogP contribution in [0.1, 0.15) is 20.3 Å². The van der Waals surface area contributed by atoms with Crippen molar-refractivity contribution in [3.63, 3.8) is 0 Å². The number of aliphatic carboxylic acids is 2. The molecule has 0 heterocycles. The van der Waals surface area contributed by atoms with Gasteiger partial charge in [-0.3, -0.25) is 9.59 Å². The zero-order valence-corrected chi connectivity index (χ0v) is 15.9. The van der Waals surface area contributed by atoms with Crippen molar-refractivity contribution in [2.45, 2.75) is 31.6 Å². The molecule has 1 unspecified atom stereocenters. The Bertz CT molecular complexity index is 290. The number of hydrogen-bond donors (Lipinski definition) is 3. The van der Waals surface area contributed by atoms with E-state index in [2.05, 4.69) is 5.32 Å². The number of carboxylic acids is 2. The quantitative estimate of drug-likeness (QED) is 0.542. The summed E-state index contributed by atoms with van der Waals surface area (Å²) in [5, 5.41) is 19.4. The van der Waals surface area contributed by atoms with Gasteiger partial charge in [-0.25, -0.2) is 4.79 Å². The number of amides is 1. The molecule has 0 bridgehead atoms. The van der Waals surface area contributed by atoms with E-state index < -0.39 is 23.9 Å². The zero-order valence-electron chi connectivity index (χ0n) is 11.1. The third-order valence-corrected chi connectivity index (χ3v) is 2.95. The molecule has 0 rings (SSSR count). The number of carbonyl (C=O) groups excluding carboxylic acids is 1. The number of carbonyl (C=O) groups is 3. The van der Waals surface area contributed by atoms with E-state index in [1.54, 1.807) is 6.92 Å². The van der Waals surface area contributed by atoms with Crippen LogP contribution in [0.5, 0.6) is 0 Å². The fourth-order valence-corrected chi connectivity index (χ4v) is 1.99. The molecule has 0 aliphatic rings. The van der Waals surface area contributed by atoms with E-state index in [1.807, 2.05) is 0 Å². The predicted octanol–water partition coefficient (Wildman–Crippen LogP) is -0.589. The third-order valence-electron chi connectivity index (χ3n) is 1.69. The summed E-state index contributed by atoms with van der Waals surface area (Å²) in [4.78, 5) is 31.8. The van der Waals surface area contributed by atoms with Crippen molar-refractivity contribution >= 4 is 88.7 Å². The van der Waals surface area contributed by atoms with Crippen LogP contribution in [-0.2, 0) is 14.4 Å². The summed E-state index contributed by atoms with van der Waals surface area (Å²) in [5.41, 5.74) is 0. The minimum absolute atomic E-state index is 0. The van der Waals surface area contributed by atoms with Crippen molar-refractivity contribution in [3.05, 3.63) is 0 Å². The average Bonchev–Trinajstić information content (AvgIpc) is 2.09. The van der Waals surface area contributed by atoms with Gasteiger partial charge in [-0.15, -0.1) is 0 Å². The Balaban J connectivity index is -0.00000112. The molecule has 0 aliphatic heterocycles. The van der Waals surface area contributed by atoms with Gasteiger partial charge in [0.1, 0.15) is 6.04 Å². The minimum atomic E-state index is -1.12. The van der Waals surface area contributed by atoms with E-state index in [4.69, 9.17) is 10.2 Å². The first kappa shape index (κ1) is 23.8. The second-order valence-electron chi connectivity index (χ2n) is 3.33. The van der Waals surface area contributed by atoms with E-state index in [0.29, 0.717) is 0 Å². The monoisotopic (exact) mass is 295 g/mol. The SMILES string of the molecule is CC(=O)N[C@@H](CSC(C)CC(=O)O)C(=O)O.[Na].[Na].